The summed E-state index contributed by atoms with van der Waals surface area (Å²) in [5.74, 6) is -0.824. The van der Waals surface area contributed by atoms with Gasteiger partial charge in [-0.2, -0.15) is 0 Å². The van der Waals surface area contributed by atoms with Gasteiger partial charge in [0.2, 0.25) is 11.5 Å². The smallest absolute Gasteiger partial charge is 0.336 e. The van der Waals surface area contributed by atoms with Crippen molar-refractivity contribution in [1.82, 2.24) is 0 Å². The van der Waals surface area contributed by atoms with E-state index in [1.165, 1.54) is 25.3 Å². The second kappa shape index (κ2) is 3.20. The SMILES string of the molecule is COc1c(O)c(O)cc2ccc(=O)oc12. The predicted octanol–water partition coefficient (Wildman–Crippen LogP) is 1.21. The zero-order chi connectivity index (χ0) is 11.0. The molecule has 1 aromatic heterocycles. The first-order valence-corrected chi connectivity index (χ1v) is 4.16. The van der Waals surface area contributed by atoms with Crippen LogP contribution < -0.4 is 10.4 Å². The van der Waals surface area contributed by atoms with Gasteiger partial charge in [-0.25, -0.2) is 4.79 Å². The lowest BCUT2D eigenvalue weighted by molar-refractivity contribution is 0.348. The average molecular weight is 208 g/mol. The maximum absolute atomic E-state index is 11.0. The second-order valence-corrected chi connectivity index (χ2v) is 2.95. The highest BCUT2D eigenvalue weighted by atomic mass is 16.5. The first-order valence-electron chi connectivity index (χ1n) is 4.16. The highest BCUT2D eigenvalue weighted by Gasteiger charge is 2.14. The Morgan fingerprint density at radius 3 is 2.73 bits per heavy atom. The summed E-state index contributed by atoms with van der Waals surface area (Å²) in [5, 5.41) is 19.3. The van der Waals surface area contributed by atoms with Crippen LogP contribution in [-0.4, -0.2) is 17.3 Å². The summed E-state index contributed by atoms with van der Waals surface area (Å²) < 4.78 is 9.72. The molecule has 1 heterocycles. The van der Waals surface area contributed by atoms with Gasteiger partial charge in [-0.15, -0.1) is 0 Å². The molecule has 2 aromatic rings. The fraction of sp³-hybridized carbons (Fsp3) is 0.100. The molecular weight excluding hydrogens is 200 g/mol. The van der Waals surface area contributed by atoms with E-state index in [1.54, 1.807) is 0 Å². The molecule has 5 nitrogen and oxygen atoms in total. The summed E-state index contributed by atoms with van der Waals surface area (Å²) in [6.45, 7) is 0. The van der Waals surface area contributed by atoms with Crippen molar-refractivity contribution < 1.29 is 19.4 Å². The average Bonchev–Trinajstić information content (AvgIpc) is 2.21. The molecule has 2 N–H and O–H groups in total. The van der Waals surface area contributed by atoms with Gasteiger partial charge in [0.05, 0.1) is 7.11 Å². The lowest BCUT2D eigenvalue weighted by atomic mass is 10.2. The normalized spacial score (nSPS) is 10.5. The minimum atomic E-state index is -0.550. The Hall–Kier alpha value is -2.17. The van der Waals surface area contributed by atoms with Crippen molar-refractivity contribution in [3.8, 4) is 17.2 Å². The molecule has 0 atom stereocenters. The number of phenols is 2. The van der Waals surface area contributed by atoms with E-state index < -0.39 is 11.4 Å². The predicted molar refractivity (Wildman–Crippen MR) is 52.4 cm³/mol. The van der Waals surface area contributed by atoms with Crippen LogP contribution in [0, 0.1) is 0 Å². The first kappa shape index (κ1) is 9.39. The van der Waals surface area contributed by atoms with E-state index in [1.807, 2.05) is 0 Å². The molecule has 5 heteroatoms. The van der Waals surface area contributed by atoms with Crippen LogP contribution >= 0.6 is 0 Å². The molecule has 0 aliphatic carbocycles. The molecule has 0 amide bonds. The van der Waals surface area contributed by atoms with Gasteiger partial charge >= 0.3 is 5.63 Å². The lowest BCUT2D eigenvalue weighted by Gasteiger charge is -2.07. The largest absolute Gasteiger partial charge is 0.504 e. The molecule has 0 radical (unpaired) electrons. The second-order valence-electron chi connectivity index (χ2n) is 2.95. The van der Waals surface area contributed by atoms with Gasteiger partial charge in [-0.05, 0) is 12.1 Å². The van der Waals surface area contributed by atoms with Crippen molar-refractivity contribution in [2.75, 3.05) is 7.11 Å². The van der Waals surface area contributed by atoms with Crippen LogP contribution in [0.25, 0.3) is 11.0 Å². The summed E-state index contributed by atoms with van der Waals surface area (Å²) >= 11 is 0. The van der Waals surface area contributed by atoms with Gasteiger partial charge < -0.3 is 19.4 Å². The van der Waals surface area contributed by atoms with E-state index in [9.17, 15) is 15.0 Å². The Morgan fingerprint density at radius 1 is 1.33 bits per heavy atom. The fourth-order valence-electron chi connectivity index (χ4n) is 1.35. The van der Waals surface area contributed by atoms with Crippen LogP contribution in [0.15, 0.2) is 27.4 Å². The Labute approximate surface area is 84.1 Å². The topological polar surface area (TPSA) is 79.9 Å². The van der Waals surface area contributed by atoms with Gasteiger partial charge in [0.1, 0.15) is 0 Å². The fourth-order valence-corrected chi connectivity index (χ4v) is 1.35. The third-order valence-electron chi connectivity index (χ3n) is 2.02. The van der Waals surface area contributed by atoms with E-state index in [-0.39, 0.29) is 17.1 Å². The van der Waals surface area contributed by atoms with Crippen LogP contribution in [-0.2, 0) is 0 Å². The number of ether oxygens (including phenoxy) is 1. The van der Waals surface area contributed by atoms with Crippen molar-refractivity contribution in [3.63, 3.8) is 0 Å². The summed E-state index contributed by atoms with van der Waals surface area (Å²) in [5.41, 5.74) is -0.439. The third-order valence-corrected chi connectivity index (χ3v) is 2.02. The van der Waals surface area contributed by atoms with E-state index >= 15 is 0 Å². The minimum absolute atomic E-state index is 0.0531. The van der Waals surface area contributed by atoms with Crippen molar-refractivity contribution in [1.29, 1.82) is 0 Å². The van der Waals surface area contributed by atoms with Gasteiger partial charge in [0.15, 0.2) is 11.3 Å². The number of fused-ring (bicyclic) bond motifs is 1. The van der Waals surface area contributed by atoms with Gasteiger partial charge in [-0.1, -0.05) is 0 Å². The van der Waals surface area contributed by atoms with Crippen LogP contribution in [0.4, 0.5) is 0 Å². The molecule has 2 rings (SSSR count). The molecule has 0 aliphatic heterocycles. The lowest BCUT2D eigenvalue weighted by Crippen LogP contribution is -1.96. The summed E-state index contributed by atoms with van der Waals surface area (Å²) in [6, 6.07) is 3.98. The molecule has 15 heavy (non-hydrogen) atoms. The van der Waals surface area contributed by atoms with Crippen LogP contribution in [0.3, 0.4) is 0 Å². The molecule has 0 saturated carbocycles. The van der Waals surface area contributed by atoms with Crippen molar-refractivity contribution in [3.05, 3.63) is 28.6 Å². The van der Waals surface area contributed by atoms with Gasteiger partial charge in [-0.3, -0.25) is 0 Å². The Balaban J connectivity index is 2.95. The van der Waals surface area contributed by atoms with Crippen molar-refractivity contribution in [2.24, 2.45) is 0 Å². The Morgan fingerprint density at radius 2 is 2.07 bits per heavy atom. The number of rotatable bonds is 1. The third kappa shape index (κ3) is 1.38. The van der Waals surface area contributed by atoms with Crippen LogP contribution in [0.2, 0.25) is 0 Å². The molecule has 0 fully saturated rings. The number of benzene rings is 1. The zero-order valence-corrected chi connectivity index (χ0v) is 7.85. The molecule has 78 valence electrons. The number of methoxy groups -OCH3 is 1. The van der Waals surface area contributed by atoms with Gasteiger partial charge in [0.25, 0.3) is 0 Å². The van der Waals surface area contributed by atoms with Gasteiger partial charge in [0, 0.05) is 11.5 Å². The highest BCUT2D eigenvalue weighted by molar-refractivity contribution is 5.87. The summed E-state index contributed by atoms with van der Waals surface area (Å²) in [7, 11) is 1.31. The first-order chi connectivity index (χ1) is 7.13. The molecule has 0 unspecified atom stereocenters. The quantitative estimate of drug-likeness (QED) is 0.544. The van der Waals surface area contributed by atoms with Crippen molar-refractivity contribution in [2.45, 2.75) is 0 Å². The van der Waals surface area contributed by atoms with E-state index in [4.69, 9.17) is 9.15 Å². The number of hydrogen-bond acceptors (Lipinski definition) is 5. The van der Waals surface area contributed by atoms with Crippen molar-refractivity contribution >= 4 is 11.0 Å². The molecule has 0 saturated heterocycles. The Bertz CT molecular complexity index is 570. The zero-order valence-electron chi connectivity index (χ0n) is 7.85. The van der Waals surface area contributed by atoms with E-state index in [0.717, 1.165) is 0 Å². The standard InChI is InChI=1S/C10H8O5/c1-14-10-8(13)6(11)4-5-2-3-7(12)15-9(5)10/h2-4,11,13H,1H3. The van der Waals surface area contributed by atoms with Crippen LogP contribution in [0.1, 0.15) is 0 Å². The maximum Gasteiger partial charge on any atom is 0.336 e. The Kier molecular flexibility index (Phi) is 2.00. The number of phenolic OH excluding ortho intramolecular Hbond substituents is 2. The molecule has 0 bridgehead atoms. The maximum atomic E-state index is 11.0. The summed E-state index contributed by atoms with van der Waals surface area (Å²) in [4.78, 5) is 11.0. The number of aromatic hydroxyl groups is 2. The molecule has 0 spiro atoms. The summed E-state index contributed by atoms with van der Waals surface area (Å²) in [6.07, 6.45) is 0. The molecule has 1 aromatic carbocycles. The minimum Gasteiger partial charge on any atom is -0.504 e. The van der Waals surface area contributed by atoms with E-state index in [0.29, 0.717) is 5.39 Å². The molecule has 0 aliphatic rings. The van der Waals surface area contributed by atoms with E-state index in [2.05, 4.69) is 0 Å². The number of hydrogen-bond donors (Lipinski definition) is 2. The molecular formula is C10H8O5. The van der Waals surface area contributed by atoms with Crippen LogP contribution in [0.5, 0.6) is 17.2 Å². The highest BCUT2D eigenvalue weighted by Crippen LogP contribution is 2.40. The monoisotopic (exact) mass is 208 g/mol.